The molecule has 5 nitrogen and oxygen atoms in total. The van der Waals surface area contributed by atoms with E-state index in [9.17, 15) is 13.2 Å². The topological polar surface area (TPSA) is 57.7 Å². The third-order valence-electron chi connectivity index (χ3n) is 4.02. The Hall–Kier alpha value is -1.40. The van der Waals surface area contributed by atoms with E-state index in [4.69, 9.17) is 0 Å². The van der Waals surface area contributed by atoms with Crippen molar-refractivity contribution in [1.82, 2.24) is 9.80 Å². The Labute approximate surface area is 132 Å². The molecule has 0 aliphatic carbocycles. The molecule has 6 heteroatoms. The van der Waals surface area contributed by atoms with E-state index in [-0.39, 0.29) is 22.6 Å². The van der Waals surface area contributed by atoms with Crippen molar-refractivity contribution in [1.29, 1.82) is 0 Å². The summed E-state index contributed by atoms with van der Waals surface area (Å²) in [6.45, 7) is 6.05. The predicted octanol–water partition coefficient (Wildman–Crippen LogP) is 1.65. The number of hydrogen-bond donors (Lipinski definition) is 0. The maximum atomic E-state index is 12.8. The number of hydrogen-bond acceptors (Lipinski definition) is 4. The average Bonchev–Trinajstić information content (AvgIpc) is 2.46. The highest BCUT2D eigenvalue weighted by Gasteiger charge is 2.30. The van der Waals surface area contributed by atoms with Crippen molar-refractivity contribution in [2.45, 2.75) is 31.2 Å². The number of benzene rings is 1. The minimum Gasteiger partial charge on any atom is -0.333 e. The third kappa shape index (κ3) is 3.50. The van der Waals surface area contributed by atoms with Crippen molar-refractivity contribution in [3.8, 4) is 0 Å². The van der Waals surface area contributed by atoms with Crippen LogP contribution in [0.15, 0.2) is 29.2 Å². The van der Waals surface area contributed by atoms with Crippen molar-refractivity contribution >= 4 is 15.7 Å². The van der Waals surface area contributed by atoms with Gasteiger partial charge in [-0.25, -0.2) is 8.42 Å². The Balaban J connectivity index is 2.35. The smallest absolute Gasteiger partial charge is 0.255 e. The van der Waals surface area contributed by atoms with Crippen LogP contribution in [0.3, 0.4) is 0 Å². The number of likely N-dealkylation sites (N-methyl/N-ethyl adjacent to an activating group) is 1. The Bertz CT molecular complexity index is 643. The van der Waals surface area contributed by atoms with Crippen molar-refractivity contribution in [3.05, 3.63) is 29.8 Å². The molecule has 0 spiro atoms. The van der Waals surface area contributed by atoms with E-state index in [1.165, 1.54) is 0 Å². The van der Waals surface area contributed by atoms with Crippen LogP contribution in [0.5, 0.6) is 0 Å². The van der Waals surface area contributed by atoms with Gasteiger partial charge in [0.05, 0.1) is 16.2 Å². The monoisotopic (exact) mass is 324 g/mol. The van der Waals surface area contributed by atoms with Crippen molar-refractivity contribution in [2.75, 3.05) is 32.4 Å². The van der Waals surface area contributed by atoms with Crippen LogP contribution in [-0.4, -0.2) is 62.6 Å². The van der Waals surface area contributed by atoms with Gasteiger partial charge in [-0.15, -0.1) is 0 Å². The van der Waals surface area contributed by atoms with Crippen LogP contribution in [-0.2, 0) is 9.84 Å². The summed E-state index contributed by atoms with van der Waals surface area (Å²) in [5.74, 6) is -0.119. The lowest BCUT2D eigenvalue weighted by Crippen LogP contribution is -2.52. The van der Waals surface area contributed by atoms with Gasteiger partial charge in [0.1, 0.15) is 0 Å². The van der Waals surface area contributed by atoms with Gasteiger partial charge in [-0.2, -0.15) is 0 Å². The second kappa shape index (κ2) is 6.79. The fraction of sp³-hybridized carbons (Fsp3) is 0.562. The minimum atomic E-state index is -3.41. The van der Waals surface area contributed by atoms with Gasteiger partial charge in [-0.05, 0) is 32.5 Å². The number of rotatable bonds is 4. The van der Waals surface area contributed by atoms with Crippen LogP contribution < -0.4 is 0 Å². The molecular weight excluding hydrogens is 300 g/mol. The van der Waals surface area contributed by atoms with E-state index >= 15 is 0 Å². The molecule has 0 bridgehead atoms. The number of sulfone groups is 1. The Morgan fingerprint density at radius 2 is 1.95 bits per heavy atom. The molecule has 122 valence electrons. The number of nitrogens with zero attached hydrogens (tertiary/aromatic N) is 2. The summed E-state index contributed by atoms with van der Waals surface area (Å²) in [7, 11) is -1.39. The molecular formula is C16H24N2O3S. The van der Waals surface area contributed by atoms with Crippen molar-refractivity contribution in [3.63, 3.8) is 0 Å². The molecule has 0 unspecified atom stereocenters. The molecule has 1 heterocycles. The van der Waals surface area contributed by atoms with Crippen LogP contribution >= 0.6 is 0 Å². The zero-order valence-corrected chi connectivity index (χ0v) is 14.3. The highest BCUT2D eigenvalue weighted by atomic mass is 32.2. The third-order valence-corrected chi connectivity index (χ3v) is 5.99. The first-order valence-corrected chi connectivity index (χ1v) is 9.33. The zero-order chi connectivity index (χ0) is 16.3. The molecule has 0 saturated carbocycles. The summed E-state index contributed by atoms with van der Waals surface area (Å²) in [6.07, 6.45) is 0.537. The molecule has 0 radical (unpaired) electrons. The lowest BCUT2D eigenvalue weighted by Gasteiger charge is -2.38. The highest BCUT2D eigenvalue weighted by molar-refractivity contribution is 7.91. The van der Waals surface area contributed by atoms with E-state index in [0.29, 0.717) is 18.5 Å². The first-order chi connectivity index (χ1) is 10.4. The second-order valence-electron chi connectivity index (χ2n) is 5.92. The molecule has 22 heavy (non-hydrogen) atoms. The Kier molecular flexibility index (Phi) is 5.24. The van der Waals surface area contributed by atoms with Crippen LogP contribution in [0.2, 0.25) is 0 Å². The summed E-state index contributed by atoms with van der Waals surface area (Å²) < 4.78 is 24.8. The van der Waals surface area contributed by atoms with Gasteiger partial charge >= 0.3 is 0 Å². The molecule has 2 rings (SSSR count). The van der Waals surface area contributed by atoms with Gasteiger partial charge < -0.3 is 9.80 Å². The van der Waals surface area contributed by atoms with Gasteiger partial charge in [-0.3, -0.25) is 4.79 Å². The largest absolute Gasteiger partial charge is 0.333 e. The molecule has 1 aliphatic rings. The highest BCUT2D eigenvalue weighted by Crippen LogP contribution is 2.21. The summed E-state index contributed by atoms with van der Waals surface area (Å²) in [5.41, 5.74) is 0.298. The van der Waals surface area contributed by atoms with Crippen molar-refractivity contribution < 1.29 is 13.2 Å². The van der Waals surface area contributed by atoms with Crippen LogP contribution in [0.25, 0.3) is 0 Å². The van der Waals surface area contributed by atoms with Gasteiger partial charge in [0.25, 0.3) is 5.91 Å². The second-order valence-corrected chi connectivity index (χ2v) is 8.00. The van der Waals surface area contributed by atoms with Gasteiger partial charge in [0.15, 0.2) is 9.84 Å². The molecule has 1 fully saturated rings. The molecule has 1 aromatic rings. The van der Waals surface area contributed by atoms with Gasteiger partial charge in [-0.1, -0.05) is 19.1 Å². The summed E-state index contributed by atoms with van der Waals surface area (Å²) in [4.78, 5) is 16.9. The standard InChI is InChI=1S/C16H24N2O3S/c1-4-11-22(20,21)15-8-6-5-7-14(15)16(19)18-10-9-17(3)12-13(18)2/h5-8,13H,4,9-12H2,1-3H3/t13-/m0/s1. The van der Waals surface area contributed by atoms with E-state index in [1.807, 2.05) is 20.9 Å². The lowest BCUT2D eigenvalue weighted by atomic mass is 10.1. The zero-order valence-electron chi connectivity index (χ0n) is 13.4. The van der Waals surface area contributed by atoms with Gasteiger partial charge in [0, 0.05) is 25.7 Å². The molecule has 1 aromatic carbocycles. The maximum absolute atomic E-state index is 12.8. The quantitative estimate of drug-likeness (QED) is 0.845. The number of amides is 1. The minimum absolute atomic E-state index is 0.0651. The molecule has 0 aromatic heterocycles. The fourth-order valence-electron chi connectivity index (χ4n) is 2.89. The summed E-state index contributed by atoms with van der Waals surface area (Å²) >= 11 is 0. The Morgan fingerprint density at radius 1 is 1.27 bits per heavy atom. The van der Waals surface area contributed by atoms with Gasteiger partial charge in [0.2, 0.25) is 0 Å². The number of piperazine rings is 1. The van der Waals surface area contributed by atoms with Crippen LogP contribution in [0.4, 0.5) is 0 Å². The molecule has 1 saturated heterocycles. The molecule has 1 amide bonds. The SMILES string of the molecule is CCCS(=O)(=O)c1ccccc1C(=O)N1CCN(C)C[C@@H]1C. The molecule has 1 atom stereocenters. The lowest BCUT2D eigenvalue weighted by molar-refractivity contribution is 0.0530. The number of carbonyl (C=O) groups excluding carboxylic acids is 1. The average molecular weight is 324 g/mol. The van der Waals surface area contributed by atoms with Crippen molar-refractivity contribution in [2.24, 2.45) is 0 Å². The summed E-state index contributed by atoms with van der Waals surface area (Å²) in [6, 6.07) is 6.63. The predicted molar refractivity (Wildman–Crippen MR) is 86.8 cm³/mol. The normalized spacial score (nSPS) is 20.1. The molecule has 0 N–H and O–H groups in total. The first kappa shape index (κ1) is 17.0. The maximum Gasteiger partial charge on any atom is 0.255 e. The van der Waals surface area contributed by atoms with E-state index in [2.05, 4.69) is 4.90 Å². The molecule has 1 aliphatic heterocycles. The van der Waals surface area contributed by atoms with E-state index < -0.39 is 9.84 Å². The van der Waals surface area contributed by atoms with E-state index in [1.54, 1.807) is 29.2 Å². The van der Waals surface area contributed by atoms with Crippen LogP contribution in [0, 0.1) is 0 Å². The van der Waals surface area contributed by atoms with Crippen LogP contribution in [0.1, 0.15) is 30.6 Å². The number of carbonyl (C=O) groups is 1. The first-order valence-electron chi connectivity index (χ1n) is 7.68. The van der Waals surface area contributed by atoms with E-state index in [0.717, 1.165) is 13.1 Å². The fourth-order valence-corrected chi connectivity index (χ4v) is 4.42. The Morgan fingerprint density at radius 3 is 2.59 bits per heavy atom. The summed E-state index contributed by atoms with van der Waals surface area (Å²) in [5, 5.41) is 0.